The van der Waals surface area contributed by atoms with Crippen LogP contribution < -0.4 is 10.9 Å². The van der Waals surface area contributed by atoms with Crippen LogP contribution in [-0.2, 0) is 6.54 Å². The first-order valence-corrected chi connectivity index (χ1v) is 7.50. The molecule has 0 aliphatic carbocycles. The summed E-state index contributed by atoms with van der Waals surface area (Å²) in [6.07, 6.45) is 0. The van der Waals surface area contributed by atoms with Gasteiger partial charge in [-0.3, -0.25) is 9.59 Å². The van der Waals surface area contributed by atoms with Crippen LogP contribution in [0.1, 0.15) is 24.3 Å². The molecule has 5 nitrogen and oxygen atoms in total. The highest BCUT2D eigenvalue weighted by Gasteiger charge is 2.13. The molecule has 1 heterocycles. The molecule has 0 unspecified atom stereocenters. The molecule has 0 aliphatic heterocycles. The van der Waals surface area contributed by atoms with Crippen molar-refractivity contribution in [1.82, 2.24) is 9.78 Å². The molecule has 116 valence electrons. The standard InChI is InChI=1S/C15H15BrFN3O2/c1-9(2)8-20-14(21)6-5-13(19-20)15(22)18-12-4-3-10(16)7-11(12)17/h3-7,9H,8H2,1-2H3,(H,18,22). The summed E-state index contributed by atoms with van der Waals surface area (Å²) < 4.78 is 15.5. The molecule has 2 rings (SSSR count). The molecule has 0 saturated heterocycles. The average molecular weight is 368 g/mol. The highest BCUT2D eigenvalue weighted by atomic mass is 79.9. The molecule has 2 aromatic rings. The van der Waals surface area contributed by atoms with Gasteiger partial charge in [0.2, 0.25) is 0 Å². The van der Waals surface area contributed by atoms with Crippen LogP contribution in [0.3, 0.4) is 0 Å². The Hall–Kier alpha value is -2.02. The zero-order chi connectivity index (χ0) is 16.3. The van der Waals surface area contributed by atoms with Gasteiger partial charge in [-0.05, 0) is 30.2 Å². The molecule has 0 bridgehead atoms. The van der Waals surface area contributed by atoms with Crippen LogP contribution in [0.15, 0.2) is 39.6 Å². The molecule has 1 aromatic carbocycles. The van der Waals surface area contributed by atoms with E-state index in [1.54, 1.807) is 6.07 Å². The molecule has 22 heavy (non-hydrogen) atoms. The summed E-state index contributed by atoms with van der Waals surface area (Å²) in [5.74, 6) is -0.913. The van der Waals surface area contributed by atoms with E-state index >= 15 is 0 Å². The summed E-state index contributed by atoms with van der Waals surface area (Å²) in [5, 5.41) is 6.46. The van der Waals surface area contributed by atoms with E-state index in [2.05, 4.69) is 26.3 Å². The number of nitrogens with one attached hydrogen (secondary N) is 1. The zero-order valence-electron chi connectivity index (χ0n) is 12.1. The monoisotopic (exact) mass is 367 g/mol. The van der Waals surface area contributed by atoms with E-state index < -0.39 is 11.7 Å². The molecular formula is C15H15BrFN3O2. The minimum absolute atomic E-state index is 0.0524. The second-order valence-electron chi connectivity index (χ2n) is 5.21. The lowest BCUT2D eigenvalue weighted by atomic mass is 10.2. The lowest BCUT2D eigenvalue weighted by molar-refractivity contribution is 0.101. The maximum Gasteiger partial charge on any atom is 0.276 e. The Bertz CT molecular complexity index is 759. The Morgan fingerprint density at radius 2 is 2.09 bits per heavy atom. The maximum absolute atomic E-state index is 13.7. The average Bonchev–Trinajstić information content (AvgIpc) is 2.43. The Morgan fingerprint density at radius 1 is 1.36 bits per heavy atom. The Labute approximate surface area is 135 Å². The molecular weight excluding hydrogens is 353 g/mol. The first-order chi connectivity index (χ1) is 10.4. The van der Waals surface area contributed by atoms with Crippen molar-refractivity contribution in [1.29, 1.82) is 0 Å². The van der Waals surface area contributed by atoms with E-state index in [-0.39, 0.29) is 22.9 Å². The van der Waals surface area contributed by atoms with E-state index in [0.717, 1.165) is 0 Å². The van der Waals surface area contributed by atoms with Gasteiger partial charge in [0.15, 0.2) is 0 Å². The van der Waals surface area contributed by atoms with Gasteiger partial charge in [0.25, 0.3) is 11.5 Å². The molecule has 0 aliphatic rings. The minimum Gasteiger partial charge on any atom is -0.318 e. The number of carbonyl (C=O) groups is 1. The van der Waals surface area contributed by atoms with Gasteiger partial charge in [0.1, 0.15) is 11.5 Å². The number of aromatic nitrogens is 2. The maximum atomic E-state index is 13.7. The van der Waals surface area contributed by atoms with Gasteiger partial charge in [-0.2, -0.15) is 5.10 Å². The van der Waals surface area contributed by atoms with Gasteiger partial charge in [-0.25, -0.2) is 9.07 Å². The van der Waals surface area contributed by atoms with E-state index in [9.17, 15) is 14.0 Å². The summed E-state index contributed by atoms with van der Waals surface area (Å²) >= 11 is 3.14. The highest BCUT2D eigenvalue weighted by molar-refractivity contribution is 9.10. The van der Waals surface area contributed by atoms with Gasteiger partial charge in [0.05, 0.1) is 5.69 Å². The number of hydrogen-bond donors (Lipinski definition) is 1. The largest absolute Gasteiger partial charge is 0.318 e. The van der Waals surface area contributed by atoms with Crippen molar-refractivity contribution in [3.8, 4) is 0 Å². The van der Waals surface area contributed by atoms with E-state index in [1.807, 2.05) is 13.8 Å². The predicted octanol–water partition coefficient (Wildman–Crippen LogP) is 3.05. The van der Waals surface area contributed by atoms with Crippen molar-refractivity contribution in [3.05, 3.63) is 56.7 Å². The summed E-state index contributed by atoms with van der Waals surface area (Å²) in [7, 11) is 0. The fourth-order valence-electron chi connectivity index (χ4n) is 1.82. The van der Waals surface area contributed by atoms with E-state index in [4.69, 9.17) is 0 Å². The van der Waals surface area contributed by atoms with E-state index in [1.165, 1.54) is 28.9 Å². The first-order valence-electron chi connectivity index (χ1n) is 6.71. The number of rotatable bonds is 4. The molecule has 7 heteroatoms. The molecule has 0 atom stereocenters. The highest BCUT2D eigenvalue weighted by Crippen LogP contribution is 2.19. The second kappa shape index (κ2) is 6.83. The number of anilines is 1. The van der Waals surface area contributed by atoms with Crippen LogP contribution >= 0.6 is 15.9 Å². The number of carbonyl (C=O) groups excluding carboxylic acids is 1. The molecule has 1 amide bonds. The fourth-order valence-corrected chi connectivity index (χ4v) is 2.16. The zero-order valence-corrected chi connectivity index (χ0v) is 13.7. The minimum atomic E-state index is -0.571. The van der Waals surface area contributed by atoms with Crippen LogP contribution in [0.2, 0.25) is 0 Å². The van der Waals surface area contributed by atoms with Crippen molar-refractivity contribution in [2.45, 2.75) is 20.4 Å². The number of nitrogens with zero attached hydrogens (tertiary/aromatic N) is 2. The van der Waals surface area contributed by atoms with Crippen LogP contribution in [0, 0.1) is 11.7 Å². The third kappa shape index (κ3) is 4.00. The summed E-state index contributed by atoms with van der Waals surface area (Å²) in [6.45, 7) is 4.29. The topological polar surface area (TPSA) is 64.0 Å². The summed E-state index contributed by atoms with van der Waals surface area (Å²) in [6, 6.07) is 6.92. The molecule has 0 spiro atoms. The van der Waals surface area contributed by atoms with Crippen molar-refractivity contribution >= 4 is 27.5 Å². The smallest absolute Gasteiger partial charge is 0.276 e. The predicted molar refractivity (Wildman–Crippen MR) is 85.4 cm³/mol. The number of benzene rings is 1. The molecule has 1 aromatic heterocycles. The lowest BCUT2D eigenvalue weighted by Crippen LogP contribution is -2.27. The number of amides is 1. The van der Waals surface area contributed by atoms with Gasteiger partial charge in [-0.1, -0.05) is 29.8 Å². The number of halogens is 2. The summed E-state index contributed by atoms with van der Waals surface area (Å²) in [4.78, 5) is 23.8. The van der Waals surface area contributed by atoms with Crippen LogP contribution in [0.25, 0.3) is 0 Å². The third-order valence-electron chi connectivity index (χ3n) is 2.82. The van der Waals surface area contributed by atoms with Crippen molar-refractivity contribution < 1.29 is 9.18 Å². The molecule has 0 saturated carbocycles. The van der Waals surface area contributed by atoms with E-state index in [0.29, 0.717) is 11.0 Å². The first kappa shape index (κ1) is 16.4. The summed E-state index contributed by atoms with van der Waals surface area (Å²) in [5.41, 5.74) is -0.167. The fraction of sp³-hybridized carbons (Fsp3) is 0.267. The quantitative estimate of drug-likeness (QED) is 0.902. The van der Waals surface area contributed by atoms with Crippen molar-refractivity contribution in [2.75, 3.05) is 5.32 Å². The van der Waals surface area contributed by atoms with Crippen LogP contribution in [0.4, 0.5) is 10.1 Å². The van der Waals surface area contributed by atoms with Gasteiger partial charge in [-0.15, -0.1) is 0 Å². The Balaban J connectivity index is 2.24. The Morgan fingerprint density at radius 3 is 2.73 bits per heavy atom. The lowest BCUT2D eigenvalue weighted by Gasteiger charge is -2.10. The van der Waals surface area contributed by atoms with Crippen LogP contribution in [-0.4, -0.2) is 15.7 Å². The molecule has 0 radical (unpaired) electrons. The van der Waals surface area contributed by atoms with Gasteiger partial charge < -0.3 is 5.32 Å². The van der Waals surface area contributed by atoms with Crippen molar-refractivity contribution in [2.24, 2.45) is 5.92 Å². The molecule has 1 N–H and O–H groups in total. The second-order valence-corrected chi connectivity index (χ2v) is 6.13. The number of hydrogen-bond acceptors (Lipinski definition) is 3. The van der Waals surface area contributed by atoms with Crippen LogP contribution in [0.5, 0.6) is 0 Å². The van der Waals surface area contributed by atoms with Gasteiger partial charge >= 0.3 is 0 Å². The van der Waals surface area contributed by atoms with Gasteiger partial charge in [0, 0.05) is 17.1 Å². The van der Waals surface area contributed by atoms with Crippen molar-refractivity contribution in [3.63, 3.8) is 0 Å². The molecule has 0 fully saturated rings. The Kier molecular flexibility index (Phi) is 5.07. The normalized spacial score (nSPS) is 10.8. The third-order valence-corrected chi connectivity index (χ3v) is 3.31. The SMILES string of the molecule is CC(C)Cn1nc(C(=O)Nc2ccc(Br)cc2F)ccc1=O.